The zero-order chi connectivity index (χ0) is 30.0. The zero-order valence-corrected chi connectivity index (χ0v) is 25.2. The largest absolute Gasteiger partial charge is 0.369 e. The molecule has 6 heterocycles. The first-order chi connectivity index (χ1) is 20.0. The lowest BCUT2D eigenvalue weighted by atomic mass is 10.4. The third kappa shape index (κ3) is 7.24. The highest BCUT2D eigenvalue weighted by molar-refractivity contribution is 7.44. The Morgan fingerprint density at radius 2 is 1.43 bits per heavy atom. The van der Waals surface area contributed by atoms with Crippen LogP contribution in [0.5, 0.6) is 0 Å². The van der Waals surface area contributed by atoms with Gasteiger partial charge in [0, 0.05) is 0 Å². The van der Waals surface area contributed by atoms with Crippen LogP contribution in [0.1, 0.15) is 0 Å². The molecular weight excluding hydrogens is 614 g/mol. The van der Waals surface area contributed by atoms with Gasteiger partial charge in [-0.1, -0.05) is 20.7 Å². The summed E-state index contributed by atoms with van der Waals surface area (Å²) in [4.78, 5) is 34.4. The molecule has 6 atom stereocenters. The number of anilines is 2. The van der Waals surface area contributed by atoms with Gasteiger partial charge in [0.05, 0.1) is 39.0 Å². The molecule has 2 aliphatic heterocycles. The highest BCUT2D eigenvalue weighted by Crippen LogP contribution is 2.25. The van der Waals surface area contributed by atoms with Crippen LogP contribution in [0.25, 0.3) is 22.3 Å². The number of ether oxygens (including phenoxy) is 4. The summed E-state index contributed by atoms with van der Waals surface area (Å²) in [6.07, 6.45) is 2.69. The van der Waals surface area contributed by atoms with Crippen molar-refractivity contribution in [3.63, 3.8) is 0 Å². The molecule has 42 heavy (non-hydrogen) atoms. The van der Waals surface area contributed by atoms with E-state index in [9.17, 15) is 13.9 Å². The van der Waals surface area contributed by atoms with Gasteiger partial charge in [-0.05, 0) is 0 Å². The fourth-order valence-corrected chi connectivity index (χ4v) is 5.86. The number of hydrogen-bond acceptors (Lipinski definition) is 14. The first-order valence-corrected chi connectivity index (χ1v) is 16.9. The second-order valence-corrected chi connectivity index (χ2v) is 13.2. The summed E-state index contributed by atoms with van der Waals surface area (Å²) in [6.45, 7) is 5.05. The molecule has 2 fully saturated rings. The van der Waals surface area contributed by atoms with Crippen molar-refractivity contribution in [3.05, 3.63) is 28.2 Å². The number of aromatic amines is 1. The van der Waals surface area contributed by atoms with E-state index in [-0.39, 0.29) is 40.3 Å². The highest BCUT2D eigenvalue weighted by atomic mass is 35.5. The summed E-state index contributed by atoms with van der Waals surface area (Å²) < 4.78 is 48.1. The standard InChI is InChI=1S/C11H14ClN5O3P.C11H14N5O4P/c1-21(18)4-7-19-3-6(20-7)2-17-5-14-8-9(12)15-11(13)16-10(8)17;1-21(18)4-7-19-3-6(20-7)2-16-5-13-8-9(16)14-11(12)15-10(8)17/h5-7H,2-4H2,1H3,(H2,13,15,16);5-7H,2-4H2,1H3,(H2-,12,14,15,17)/q+1;/p+1/t2*6-,7?/m11/s1. The molecule has 4 unspecified atom stereocenters. The Labute approximate surface area is 244 Å². The Morgan fingerprint density at radius 1 is 0.905 bits per heavy atom. The topological polar surface area (TPSA) is 230 Å². The molecule has 17 nitrogen and oxygen atoms in total. The van der Waals surface area contributed by atoms with Gasteiger partial charge in [0.25, 0.3) is 5.56 Å². The van der Waals surface area contributed by atoms with Crippen molar-refractivity contribution < 1.29 is 28.1 Å². The van der Waals surface area contributed by atoms with Gasteiger partial charge in [-0.3, -0.25) is 9.78 Å². The number of nitrogen functional groups attached to an aromatic ring is 2. The van der Waals surface area contributed by atoms with Crippen LogP contribution < -0.4 is 17.0 Å². The maximum atomic E-state index is 11.7. The van der Waals surface area contributed by atoms with Gasteiger partial charge >= 0.3 is 15.6 Å². The van der Waals surface area contributed by atoms with Gasteiger partial charge in [-0.2, -0.15) is 15.0 Å². The van der Waals surface area contributed by atoms with Crippen molar-refractivity contribution in [2.45, 2.75) is 37.9 Å². The molecule has 2 saturated heterocycles. The summed E-state index contributed by atoms with van der Waals surface area (Å²) in [6, 6.07) is 0. The van der Waals surface area contributed by atoms with E-state index in [4.69, 9.17) is 42.0 Å². The van der Waals surface area contributed by atoms with Crippen LogP contribution in [0.15, 0.2) is 17.4 Å². The average Bonchev–Trinajstić information content (AvgIpc) is 3.69. The van der Waals surface area contributed by atoms with Crippen LogP contribution in [-0.2, 0) is 41.2 Å². The fourth-order valence-electron chi connectivity index (χ4n) is 4.42. The van der Waals surface area contributed by atoms with Gasteiger partial charge in [-0.25, -0.2) is 9.97 Å². The van der Waals surface area contributed by atoms with Crippen LogP contribution >= 0.6 is 27.2 Å². The summed E-state index contributed by atoms with van der Waals surface area (Å²) in [7, 11) is -2.60. The van der Waals surface area contributed by atoms with Crippen molar-refractivity contribution in [1.29, 1.82) is 0 Å². The van der Waals surface area contributed by atoms with Gasteiger partial charge in [0.2, 0.25) is 24.5 Å². The van der Waals surface area contributed by atoms with E-state index in [0.29, 0.717) is 55.4 Å². The summed E-state index contributed by atoms with van der Waals surface area (Å²) >= 11 is 5.98. The van der Waals surface area contributed by atoms with E-state index in [1.807, 2.05) is 0 Å². The minimum absolute atomic E-state index is 0.0405. The number of imidazole rings is 2. The zero-order valence-electron chi connectivity index (χ0n) is 22.6. The molecule has 5 N–H and O–H groups in total. The Balaban J connectivity index is 0.000000168. The third-order valence-electron chi connectivity index (χ3n) is 6.17. The number of aromatic nitrogens is 8. The SMILES string of the molecule is C[P+](=O)CC1OC[C@@H](Cn2cnc3c(=O)[nH]c(N)nc32)O1.C[P+](=O)CC1OC[C@@H](Cn2cnc3c(Cl)nc(N)nc32)O1. The normalized spacial score (nSPS) is 22.8. The van der Waals surface area contributed by atoms with Crippen molar-refractivity contribution in [2.24, 2.45) is 0 Å². The number of nitrogens with two attached hydrogens (primary N) is 2. The molecule has 0 aromatic carbocycles. The van der Waals surface area contributed by atoms with Gasteiger partial charge in [0.15, 0.2) is 34.3 Å². The average molecular weight is 643 g/mol. The maximum Gasteiger partial charge on any atom is 0.340 e. The third-order valence-corrected chi connectivity index (χ3v) is 8.06. The predicted octanol–water partition coefficient (Wildman–Crippen LogP) is 1.16. The molecule has 0 spiro atoms. The Bertz CT molecular complexity index is 1680. The summed E-state index contributed by atoms with van der Waals surface area (Å²) in [5.41, 5.74) is 12.5. The lowest BCUT2D eigenvalue weighted by molar-refractivity contribution is -0.0419. The van der Waals surface area contributed by atoms with Crippen LogP contribution in [0.4, 0.5) is 11.9 Å². The Morgan fingerprint density at radius 3 is 1.98 bits per heavy atom. The number of rotatable bonds is 8. The molecule has 20 heteroatoms. The van der Waals surface area contributed by atoms with E-state index in [0.717, 1.165) is 0 Å². The highest BCUT2D eigenvalue weighted by Gasteiger charge is 2.32. The molecular formula is C22H29ClN10O7P2+2. The number of nitrogens with one attached hydrogen (secondary N) is 1. The van der Waals surface area contributed by atoms with E-state index >= 15 is 0 Å². The fraction of sp³-hybridized carbons (Fsp3) is 0.545. The van der Waals surface area contributed by atoms with Gasteiger partial charge < -0.3 is 39.5 Å². The molecule has 0 saturated carbocycles. The second kappa shape index (κ2) is 13.0. The first kappa shape index (κ1) is 30.3. The quantitative estimate of drug-likeness (QED) is 0.181. The second-order valence-electron chi connectivity index (χ2n) is 9.62. The summed E-state index contributed by atoms with van der Waals surface area (Å²) in [5.74, 6) is 0.136. The van der Waals surface area contributed by atoms with Crippen LogP contribution in [0.3, 0.4) is 0 Å². The van der Waals surface area contributed by atoms with E-state index in [1.54, 1.807) is 28.8 Å². The van der Waals surface area contributed by atoms with Crippen molar-refractivity contribution in [2.75, 3.05) is 50.3 Å². The van der Waals surface area contributed by atoms with E-state index < -0.39 is 28.2 Å². The molecule has 0 amide bonds. The summed E-state index contributed by atoms with van der Waals surface area (Å²) in [5, 5.41) is 0.223. The van der Waals surface area contributed by atoms with Gasteiger partial charge in [-0.15, -0.1) is 0 Å². The molecule has 0 aliphatic carbocycles. The monoisotopic (exact) mass is 642 g/mol. The van der Waals surface area contributed by atoms with Crippen LogP contribution in [0, 0.1) is 0 Å². The molecule has 2 aliphatic rings. The predicted molar refractivity (Wildman–Crippen MR) is 153 cm³/mol. The molecule has 224 valence electrons. The minimum Gasteiger partial charge on any atom is -0.369 e. The van der Waals surface area contributed by atoms with Crippen LogP contribution in [-0.4, -0.2) is 103 Å². The molecule has 0 bridgehead atoms. The lowest BCUT2D eigenvalue weighted by Gasteiger charge is -2.10. The number of nitrogens with zero attached hydrogens (tertiary/aromatic N) is 7. The van der Waals surface area contributed by atoms with Crippen LogP contribution in [0.2, 0.25) is 5.15 Å². The molecule has 4 aromatic heterocycles. The number of hydrogen-bond donors (Lipinski definition) is 3. The molecule has 4 aromatic rings. The molecule has 0 radical (unpaired) electrons. The first-order valence-electron chi connectivity index (χ1n) is 12.7. The lowest BCUT2D eigenvalue weighted by Crippen LogP contribution is -2.20. The van der Waals surface area contributed by atoms with Crippen molar-refractivity contribution in [1.82, 2.24) is 39.0 Å². The number of halogens is 1. The van der Waals surface area contributed by atoms with Crippen molar-refractivity contribution >= 4 is 61.4 Å². The molecule has 6 rings (SSSR count). The minimum atomic E-state index is -1.31. The Hall–Kier alpha value is -3.17. The van der Waals surface area contributed by atoms with Crippen molar-refractivity contribution in [3.8, 4) is 0 Å². The maximum absolute atomic E-state index is 11.7. The van der Waals surface area contributed by atoms with E-state index in [1.165, 1.54) is 6.33 Å². The number of H-pyrrole nitrogens is 1. The van der Waals surface area contributed by atoms with E-state index in [2.05, 4.69) is 29.9 Å². The Kier molecular flexibility index (Phi) is 9.38. The van der Waals surface area contributed by atoms with Gasteiger partial charge in [0.1, 0.15) is 31.1 Å². The number of fused-ring (bicyclic) bond motifs is 2. The smallest absolute Gasteiger partial charge is 0.340 e.